The van der Waals surface area contributed by atoms with E-state index in [-0.39, 0.29) is 18.2 Å². The van der Waals surface area contributed by atoms with Gasteiger partial charge in [-0.2, -0.15) is 14.7 Å². The lowest BCUT2D eigenvalue weighted by atomic mass is 9.89. The Morgan fingerprint density at radius 2 is 1.69 bits per heavy atom. The molecule has 1 N–H and O–H groups in total. The van der Waals surface area contributed by atoms with Crippen LogP contribution in [0.5, 0.6) is 0 Å². The standard InChI is InChI=1S/C27H37N7O5/c1-16(35)21-10-9-17(15-33(21)25(37)39-27(5,6)7)20-11-22(31-24(36)38-26(2,3)4)34-23(30-20)19(13-29-34)18-12-28-32(8)14-18/h11-14,17,21H,9-10,15H2,1-8H3,(H,31,36)/t17-,21-/m0/s1. The number of carbonyl (C=O) groups excluding carboxylic acids is 3. The van der Waals surface area contributed by atoms with E-state index in [0.717, 1.165) is 11.1 Å². The number of ketones is 1. The molecule has 12 nitrogen and oxygen atoms in total. The number of Topliss-reactive ketones (excluding diaryl/α,β-unsaturated/α-hetero) is 1. The average molecular weight is 540 g/mol. The molecule has 1 aliphatic heterocycles. The normalized spacial score (nSPS) is 18.2. The van der Waals surface area contributed by atoms with Crippen molar-refractivity contribution in [1.82, 2.24) is 29.3 Å². The summed E-state index contributed by atoms with van der Waals surface area (Å²) in [7, 11) is 1.82. The molecule has 0 unspecified atom stereocenters. The number of anilines is 1. The molecule has 3 aromatic rings. The SMILES string of the molecule is CC(=O)[C@@H]1CC[C@H](c2cc(NC(=O)OC(C)(C)C)n3ncc(-c4cnn(C)c4)c3n2)CN1C(=O)OC(C)(C)C. The number of amides is 2. The second-order valence-electron chi connectivity index (χ2n) is 11.9. The third-order valence-corrected chi connectivity index (χ3v) is 6.23. The number of fused-ring (bicyclic) bond motifs is 1. The van der Waals surface area contributed by atoms with Crippen LogP contribution in [0.4, 0.5) is 15.4 Å². The summed E-state index contributed by atoms with van der Waals surface area (Å²) in [4.78, 5) is 44.6. The molecule has 12 heteroatoms. The van der Waals surface area contributed by atoms with Gasteiger partial charge in [-0.05, 0) is 61.3 Å². The number of aryl methyl sites for hydroxylation is 1. The van der Waals surface area contributed by atoms with Gasteiger partial charge in [0.25, 0.3) is 0 Å². The molecule has 1 aliphatic rings. The zero-order valence-corrected chi connectivity index (χ0v) is 23.8. The molecule has 0 bridgehead atoms. The number of piperidine rings is 1. The Labute approximate surface area is 227 Å². The highest BCUT2D eigenvalue weighted by atomic mass is 16.6. The van der Waals surface area contributed by atoms with Gasteiger partial charge in [0.15, 0.2) is 11.4 Å². The molecule has 2 amide bonds. The van der Waals surface area contributed by atoms with E-state index in [2.05, 4.69) is 15.5 Å². The Morgan fingerprint density at radius 1 is 1.00 bits per heavy atom. The topological polar surface area (TPSA) is 133 Å². The molecule has 1 saturated heterocycles. The van der Waals surface area contributed by atoms with Crippen LogP contribution in [0.15, 0.2) is 24.7 Å². The third-order valence-electron chi connectivity index (χ3n) is 6.23. The number of hydrogen-bond acceptors (Lipinski definition) is 8. The maximum atomic E-state index is 13.1. The number of nitrogens with zero attached hydrogens (tertiary/aromatic N) is 6. The first-order valence-corrected chi connectivity index (χ1v) is 13.0. The van der Waals surface area contributed by atoms with Crippen molar-refractivity contribution in [3.05, 3.63) is 30.4 Å². The van der Waals surface area contributed by atoms with Crippen LogP contribution in [0.2, 0.25) is 0 Å². The molecule has 1 fully saturated rings. The number of carbonyl (C=O) groups is 3. The predicted octanol–water partition coefficient (Wildman–Crippen LogP) is 4.55. The first-order valence-electron chi connectivity index (χ1n) is 13.0. The Hall–Kier alpha value is -3.96. The Balaban J connectivity index is 1.75. The van der Waals surface area contributed by atoms with E-state index in [1.165, 1.54) is 11.8 Å². The number of ether oxygens (including phenoxy) is 2. The molecule has 39 heavy (non-hydrogen) atoms. The van der Waals surface area contributed by atoms with E-state index in [1.54, 1.807) is 69.2 Å². The fourth-order valence-corrected chi connectivity index (χ4v) is 4.61. The largest absolute Gasteiger partial charge is 0.444 e. The van der Waals surface area contributed by atoms with Crippen LogP contribution in [0.1, 0.15) is 72.9 Å². The Bertz CT molecular complexity index is 1400. The van der Waals surface area contributed by atoms with Crippen molar-refractivity contribution in [2.45, 2.75) is 84.5 Å². The Kier molecular flexibility index (Phi) is 7.42. The zero-order chi connectivity index (χ0) is 28.7. The first kappa shape index (κ1) is 28.1. The van der Waals surface area contributed by atoms with Crippen LogP contribution in [0.3, 0.4) is 0 Å². The molecule has 0 spiro atoms. The maximum absolute atomic E-state index is 13.1. The van der Waals surface area contributed by atoms with Gasteiger partial charge >= 0.3 is 12.2 Å². The monoisotopic (exact) mass is 539 g/mol. The lowest BCUT2D eigenvalue weighted by Crippen LogP contribution is -2.51. The van der Waals surface area contributed by atoms with Gasteiger partial charge in [-0.3, -0.25) is 19.7 Å². The van der Waals surface area contributed by atoms with E-state index in [0.29, 0.717) is 30.0 Å². The minimum Gasteiger partial charge on any atom is -0.444 e. The fraction of sp³-hybridized carbons (Fsp3) is 0.556. The van der Waals surface area contributed by atoms with Gasteiger partial charge in [0.1, 0.15) is 17.0 Å². The van der Waals surface area contributed by atoms with Crippen LogP contribution in [-0.2, 0) is 21.3 Å². The van der Waals surface area contributed by atoms with E-state index >= 15 is 0 Å². The smallest absolute Gasteiger partial charge is 0.413 e. The molecule has 4 rings (SSSR count). The van der Waals surface area contributed by atoms with Crippen molar-refractivity contribution in [2.75, 3.05) is 11.9 Å². The van der Waals surface area contributed by atoms with Crippen LogP contribution in [-0.4, -0.2) is 71.0 Å². The molecule has 0 saturated carbocycles. The molecular formula is C27H37N7O5. The van der Waals surface area contributed by atoms with Crippen molar-refractivity contribution < 1.29 is 23.9 Å². The van der Waals surface area contributed by atoms with Crippen LogP contribution >= 0.6 is 0 Å². The number of nitrogens with one attached hydrogen (secondary N) is 1. The van der Waals surface area contributed by atoms with Crippen LogP contribution in [0, 0.1) is 0 Å². The molecule has 210 valence electrons. The first-order chi connectivity index (χ1) is 18.1. The van der Waals surface area contributed by atoms with Gasteiger partial charge in [0.05, 0.1) is 24.1 Å². The van der Waals surface area contributed by atoms with Gasteiger partial charge < -0.3 is 9.47 Å². The minimum atomic E-state index is -0.705. The van der Waals surface area contributed by atoms with E-state index in [9.17, 15) is 14.4 Å². The molecule has 3 aromatic heterocycles. The van der Waals surface area contributed by atoms with E-state index in [1.807, 2.05) is 13.2 Å². The second-order valence-corrected chi connectivity index (χ2v) is 11.9. The number of likely N-dealkylation sites (tertiary alicyclic amines) is 1. The summed E-state index contributed by atoms with van der Waals surface area (Å²) in [6, 6.07) is 1.17. The zero-order valence-electron chi connectivity index (χ0n) is 23.8. The number of aromatic nitrogens is 5. The summed E-state index contributed by atoms with van der Waals surface area (Å²) >= 11 is 0. The summed E-state index contributed by atoms with van der Waals surface area (Å²) in [6.45, 7) is 12.5. The molecule has 2 atom stereocenters. The van der Waals surface area contributed by atoms with Crippen molar-refractivity contribution in [3.8, 4) is 11.1 Å². The highest BCUT2D eigenvalue weighted by molar-refractivity contribution is 5.87. The fourth-order valence-electron chi connectivity index (χ4n) is 4.61. The van der Waals surface area contributed by atoms with Crippen molar-refractivity contribution >= 4 is 29.4 Å². The summed E-state index contributed by atoms with van der Waals surface area (Å²) in [5, 5.41) is 11.5. The van der Waals surface area contributed by atoms with Gasteiger partial charge in [-0.15, -0.1) is 0 Å². The molecule has 0 aromatic carbocycles. The van der Waals surface area contributed by atoms with E-state index < -0.39 is 29.4 Å². The molecule has 0 radical (unpaired) electrons. The third kappa shape index (κ3) is 6.55. The predicted molar refractivity (Wildman–Crippen MR) is 144 cm³/mol. The summed E-state index contributed by atoms with van der Waals surface area (Å²) < 4.78 is 14.3. The minimum absolute atomic E-state index is 0.0929. The lowest BCUT2D eigenvalue weighted by molar-refractivity contribution is -0.123. The number of rotatable bonds is 4. The van der Waals surface area contributed by atoms with Crippen LogP contribution in [0.25, 0.3) is 16.8 Å². The highest BCUT2D eigenvalue weighted by Crippen LogP contribution is 2.34. The summed E-state index contributed by atoms with van der Waals surface area (Å²) in [6.07, 6.45) is 5.16. The van der Waals surface area contributed by atoms with E-state index in [4.69, 9.17) is 14.5 Å². The van der Waals surface area contributed by atoms with Crippen molar-refractivity contribution in [3.63, 3.8) is 0 Å². The lowest BCUT2D eigenvalue weighted by Gasteiger charge is -2.39. The summed E-state index contributed by atoms with van der Waals surface area (Å²) in [5.74, 6) is 0.0653. The highest BCUT2D eigenvalue weighted by Gasteiger charge is 2.38. The van der Waals surface area contributed by atoms with Gasteiger partial charge in [0, 0.05) is 42.9 Å². The maximum Gasteiger partial charge on any atom is 0.413 e. The average Bonchev–Trinajstić information content (AvgIpc) is 3.42. The molecular weight excluding hydrogens is 502 g/mol. The van der Waals surface area contributed by atoms with Crippen molar-refractivity contribution in [2.24, 2.45) is 7.05 Å². The van der Waals surface area contributed by atoms with Gasteiger partial charge in [-0.1, -0.05) is 0 Å². The van der Waals surface area contributed by atoms with Gasteiger partial charge in [-0.25, -0.2) is 14.6 Å². The number of hydrogen-bond donors (Lipinski definition) is 1. The van der Waals surface area contributed by atoms with Gasteiger partial charge in [0.2, 0.25) is 0 Å². The Morgan fingerprint density at radius 3 is 2.28 bits per heavy atom. The van der Waals surface area contributed by atoms with Crippen LogP contribution < -0.4 is 5.32 Å². The van der Waals surface area contributed by atoms with Crippen molar-refractivity contribution in [1.29, 1.82) is 0 Å². The molecule has 0 aliphatic carbocycles. The second kappa shape index (κ2) is 10.3. The quantitative estimate of drug-likeness (QED) is 0.511. The molecule has 4 heterocycles. The summed E-state index contributed by atoms with van der Waals surface area (Å²) in [5.41, 5.74) is 1.32.